The van der Waals surface area contributed by atoms with Gasteiger partial charge >= 0.3 is 6.03 Å². The van der Waals surface area contributed by atoms with Gasteiger partial charge in [-0.3, -0.25) is 0 Å². The van der Waals surface area contributed by atoms with Crippen LogP contribution in [0.2, 0.25) is 0 Å². The highest BCUT2D eigenvalue weighted by atomic mass is 32.1. The summed E-state index contributed by atoms with van der Waals surface area (Å²) in [6.45, 7) is 3.08. The molecule has 1 N–H and O–H groups in total. The summed E-state index contributed by atoms with van der Waals surface area (Å²) in [5.41, 5.74) is 0. The van der Waals surface area contributed by atoms with E-state index in [1.165, 1.54) is 32.1 Å². The Morgan fingerprint density at radius 1 is 1.37 bits per heavy atom. The maximum absolute atomic E-state index is 12.0. The van der Waals surface area contributed by atoms with E-state index >= 15 is 0 Å². The third kappa shape index (κ3) is 6.32. The molecule has 5 heteroatoms. The lowest BCUT2D eigenvalue weighted by atomic mass is 9.87. The van der Waals surface area contributed by atoms with Crippen LogP contribution in [0, 0.1) is 5.92 Å². The van der Waals surface area contributed by atoms with Crippen molar-refractivity contribution in [2.75, 3.05) is 18.8 Å². The minimum Gasteiger partial charge on any atom is -0.329 e. The highest BCUT2D eigenvalue weighted by molar-refractivity contribution is 7.80. The van der Waals surface area contributed by atoms with Crippen molar-refractivity contribution in [2.24, 2.45) is 5.92 Å². The molecule has 110 valence electrons. The number of amides is 2. The second-order valence-electron chi connectivity index (χ2n) is 5.38. The standard InChI is InChI=1S/C14H26N2O2S/c1-12(11-17)15-14(18)16(9-10-19)8-7-13-5-3-2-4-6-13/h11-13,19H,2-10H2,1H3,(H,15,18)/t12-/m0/s1. The summed E-state index contributed by atoms with van der Waals surface area (Å²) in [4.78, 5) is 24.4. The zero-order chi connectivity index (χ0) is 14.1. The minimum atomic E-state index is -0.426. The van der Waals surface area contributed by atoms with Crippen molar-refractivity contribution in [3.63, 3.8) is 0 Å². The Hall–Kier alpha value is -0.710. The summed E-state index contributed by atoms with van der Waals surface area (Å²) < 4.78 is 0. The molecule has 0 aromatic rings. The Labute approximate surface area is 121 Å². The van der Waals surface area contributed by atoms with Crippen LogP contribution >= 0.6 is 12.6 Å². The quantitative estimate of drug-likeness (QED) is 0.558. The molecule has 0 bridgehead atoms. The first-order valence-corrected chi connectivity index (χ1v) is 7.92. The average Bonchev–Trinajstić information content (AvgIpc) is 2.44. The van der Waals surface area contributed by atoms with Gasteiger partial charge in [-0.05, 0) is 19.3 Å². The fourth-order valence-electron chi connectivity index (χ4n) is 2.57. The summed E-state index contributed by atoms with van der Waals surface area (Å²) in [6.07, 6.45) is 8.40. The largest absolute Gasteiger partial charge is 0.329 e. The van der Waals surface area contributed by atoms with Crippen molar-refractivity contribution in [1.82, 2.24) is 10.2 Å². The normalized spacial score (nSPS) is 17.8. The Kier molecular flexibility index (Phi) is 7.94. The molecule has 1 aliphatic rings. The van der Waals surface area contributed by atoms with Crippen LogP contribution < -0.4 is 5.32 Å². The number of carbonyl (C=O) groups excluding carboxylic acids is 2. The average molecular weight is 286 g/mol. The highest BCUT2D eigenvalue weighted by Gasteiger charge is 2.18. The van der Waals surface area contributed by atoms with Crippen molar-refractivity contribution < 1.29 is 9.59 Å². The maximum atomic E-state index is 12.0. The third-order valence-corrected chi connectivity index (χ3v) is 3.94. The van der Waals surface area contributed by atoms with Crippen molar-refractivity contribution >= 4 is 24.9 Å². The van der Waals surface area contributed by atoms with Gasteiger partial charge in [0.1, 0.15) is 6.29 Å². The van der Waals surface area contributed by atoms with E-state index < -0.39 is 6.04 Å². The number of carbonyl (C=O) groups is 2. The zero-order valence-corrected chi connectivity index (χ0v) is 12.7. The van der Waals surface area contributed by atoms with Crippen LogP contribution in [-0.2, 0) is 4.79 Å². The molecule has 19 heavy (non-hydrogen) atoms. The van der Waals surface area contributed by atoms with Gasteiger partial charge in [0, 0.05) is 18.8 Å². The molecule has 2 amide bonds. The molecule has 1 fully saturated rings. The fourth-order valence-corrected chi connectivity index (χ4v) is 2.81. The molecule has 0 aromatic carbocycles. The number of aldehydes is 1. The molecule has 0 spiro atoms. The van der Waals surface area contributed by atoms with E-state index in [0.717, 1.165) is 25.2 Å². The predicted octanol–water partition coefficient (Wildman–Crippen LogP) is 2.49. The number of thiol groups is 1. The molecule has 1 saturated carbocycles. The molecule has 0 radical (unpaired) electrons. The lowest BCUT2D eigenvalue weighted by Gasteiger charge is -2.27. The van der Waals surface area contributed by atoms with Gasteiger partial charge in [-0.1, -0.05) is 32.1 Å². The fraction of sp³-hybridized carbons (Fsp3) is 0.857. The van der Waals surface area contributed by atoms with Crippen LogP contribution in [-0.4, -0.2) is 42.1 Å². The summed E-state index contributed by atoms with van der Waals surface area (Å²) in [6, 6.07) is -0.575. The Morgan fingerprint density at radius 3 is 2.63 bits per heavy atom. The number of rotatable bonds is 7. The van der Waals surface area contributed by atoms with Gasteiger partial charge in [0.2, 0.25) is 0 Å². The van der Waals surface area contributed by atoms with E-state index in [1.54, 1.807) is 11.8 Å². The van der Waals surface area contributed by atoms with E-state index in [1.807, 2.05) is 0 Å². The zero-order valence-electron chi connectivity index (χ0n) is 11.8. The molecule has 1 rings (SSSR count). The van der Waals surface area contributed by atoms with Crippen LogP contribution in [0.25, 0.3) is 0 Å². The smallest absolute Gasteiger partial charge is 0.317 e. The first kappa shape index (κ1) is 16.3. The van der Waals surface area contributed by atoms with E-state index in [9.17, 15) is 9.59 Å². The lowest BCUT2D eigenvalue weighted by Crippen LogP contribution is -2.45. The summed E-state index contributed by atoms with van der Waals surface area (Å²) >= 11 is 4.20. The molecular weight excluding hydrogens is 260 g/mol. The predicted molar refractivity (Wildman–Crippen MR) is 80.7 cm³/mol. The monoisotopic (exact) mass is 286 g/mol. The van der Waals surface area contributed by atoms with Crippen LogP contribution in [0.5, 0.6) is 0 Å². The molecule has 0 unspecified atom stereocenters. The van der Waals surface area contributed by atoms with Gasteiger partial charge < -0.3 is 15.0 Å². The van der Waals surface area contributed by atoms with Crippen molar-refractivity contribution in [1.29, 1.82) is 0 Å². The van der Waals surface area contributed by atoms with Gasteiger partial charge in [0.25, 0.3) is 0 Å². The molecule has 4 nitrogen and oxygen atoms in total. The van der Waals surface area contributed by atoms with Crippen LogP contribution in [0.3, 0.4) is 0 Å². The number of hydrogen-bond acceptors (Lipinski definition) is 3. The SMILES string of the molecule is C[C@@H](C=O)NC(=O)N(CCS)CCC1CCCCC1. The second-order valence-corrected chi connectivity index (χ2v) is 5.82. The van der Waals surface area contributed by atoms with E-state index in [0.29, 0.717) is 12.3 Å². The molecule has 1 aliphatic carbocycles. The molecule has 1 atom stereocenters. The number of urea groups is 1. The number of hydrogen-bond donors (Lipinski definition) is 2. The van der Waals surface area contributed by atoms with Crippen molar-refractivity contribution in [3.05, 3.63) is 0 Å². The van der Waals surface area contributed by atoms with E-state index in [4.69, 9.17) is 0 Å². The van der Waals surface area contributed by atoms with Gasteiger partial charge in [-0.2, -0.15) is 12.6 Å². The molecular formula is C14H26N2O2S. The number of nitrogens with one attached hydrogen (secondary N) is 1. The topological polar surface area (TPSA) is 49.4 Å². The second kappa shape index (κ2) is 9.23. The first-order chi connectivity index (χ1) is 9.17. The van der Waals surface area contributed by atoms with Crippen LogP contribution in [0.15, 0.2) is 0 Å². The Bertz CT molecular complexity index is 281. The summed E-state index contributed by atoms with van der Waals surface area (Å²) in [5.74, 6) is 1.40. The van der Waals surface area contributed by atoms with Crippen LogP contribution in [0.1, 0.15) is 45.4 Å². The molecule has 0 aromatic heterocycles. The highest BCUT2D eigenvalue weighted by Crippen LogP contribution is 2.26. The maximum Gasteiger partial charge on any atom is 0.317 e. The Balaban J connectivity index is 2.37. The number of nitrogens with zero attached hydrogens (tertiary/aromatic N) is 1. The first-order valence-electron chi connectivity index (χ1n) is 7.29. The van der Waals surface area contributed by atoms with E-state index in [2.05, 4.69) is 17.9 Å². The molecule has 0 aliphatic heterocycles. The third-order valence-electron chi connectivity index (χ3n) is 3.74. The molecule has 0 saturated heterocycles. The Morgan fingerprint density at radius 2 is 2.05 bits per heavy atom. The van der Waals surface area contributed by atoms with Gasteiger partial charge in [0.05, 0.1) is 6.04 Å². The van der Waals surface area contributed by atoms with Crippen molar-refractivity contribution in [2.45, 2.75) is 51.5 Å². The summed E-state index contributed by atoms with van der Waals surface area (Å²) in [7, 11) is 0. The molecule has 0 heterocycles. The van der Waals surface area contributed by atoms with E-state index in [-0.39, 0.29) is 6.03 Å². The minimum absolute atomic E-state index is 0.149. The van der Waals surface area contributed by atoms with Crippen LogP contribution in [0.4, 0.5) is 4.79 Å². The van der Waals surface area contributed by atoms with Gasteiger partial charge in [0.15, 0.2) is 0 Å². The van der Waals surface area contributed by atoms with Gasteiger partial charge in [-0.25, -0.2) is 4.79 Å². The summed E-state index contributed by atoms with van der Waals surface area (Å²) in [5, 5.41) is 2.69. The van der Waals surface area contributed by atoms with Gasteiger partial charge in [-0.15, -0.1) is 0 Å². The van der Waals surface area contributed by atoms with Crippen molar-refractivity contribution in [3.8, 4) is 0 Å². The lowest BCUT2D eigenvalue weighted by molar-refractivity contribution is -0.109.